The number of para-hydroxylation sites is 1. The summed E-state index contributed by atoms with van der Waals surface area (Å²) in [5, 5.41) is 18.4. The van der Waals surface area contributed by atoms with Crippen LogP contribution in [0.15, 0.2) is 53.0 Å². The van der Waals surface area contributed by atoms with E-state index in [1.165, 1.54) is 24.1 Å². The first-order chi connectivity index (χ1) is 13.9. The summed E-state index contributed by atoms with van der Waals surface area (Å²) in [7, 11) is 1.74. The molecule has 156 valence electrons. The van der Waals surface area contributed by atoms with E-state index in [4.69, 9.17) is 24.5 Å². The Bertz CT molecular complexity index is 793. The van der Waals surface area contributed by atoms with Crippen LogP contribution in [0, 0.1) is 0 Å². The van der Waals surface area contributed by atoms with E-state index in [9.17, 15) is 0 Å². The average molecular weight is 465 g/mol. The van der Waals surface area contributed by atoms with E-state index in [-0.39, 0.29) is 0 Å². The summed E-state index contributed by atoms with van der Waals surface area (Å²) in [6, 6.07) is 17.3. The van der Waals surface area contributed by atoms with Gasteiger partial charge in [-0.25, -0.2) is 9.59 Å². The van der Waals surface area contributed by atoms with E-state index >= 15 is 0 Å². The highest BCUT2D eigenvalue weighted by Gasteiger charge is 2.19. The molecule has 2 aromatic rings. The number of aliphatic carboxylic acids is 2. The van der Waals surface area contributed by atoms with Gasteiger partial charge >= 0.3 is 11.9 Å². The van der Waals surface area contributed by atoms with Gasteiger partial charge in [0.05, 0.1) is 7.11 Å². The van der Waals surface area contributed by atoms with Crippen LogP contribution < -0.4 is 10.1 Å². The summed E-state index contributed by atoms with van der Waals surface area (Å²) in [6.45, 7) is 3.20. The van der Waals surface area contributed by atoms with Crippen LogP contribution in [0.25, 0.3) is 0 Å². The zero-order valence-electron chi connectivity index (χ0n) is 16.2. The van der Waals surface area contributed by atoms with Gasteiger partial charge in [0.25, 0.3) is 0 Å². The van der Waals surface area contributed by atoms with Crippen LogP contribution in [0.1, 0.15) is 18.4 Å². The van der Waals surface area contributed by atoms with Crippen LogP contribution in [-0.4, -0.2) is 53.3 Å². The maximum Gasteiger partial charge on any atom is 0.414 e. The second kappa shape index (κ2) is 11.4. The average Bonchev–Trinajstić information content (AvgIpc) is 2.72. The van der Waals surface area contributed by atoms with E-state index in [1.807, 2.05) is 12.1 Å². The van der Waals surface area contributed by atoms with Gasteiger partial charge in [-0.1, -0.05) is 34.1 Å². The first-order valence-corrected chi connectivity index (χ1v) is 10.0. The van der Waals surface area contributed by atoms with Gasteiger partial charge in [-0.2, -0.15) is 0 Å². The predicted molar refractivity (Wildman–Crippen MR) is 114 cm³/mol. The molecule has 1 fully saturated rings. The summed E-state index contributed by atoms with van der Waals surface area (Å²) in [6.07, 6.45) is 2.34. The number of ether oxygens (including phenoxy) is 1. The number of hydrogen-bond acceptors (Lipinski definition) is 5. The third kappa shape index (κ3) is 7.75. The SMILES string of the molecule is COc1ccccc1CN1CCC(Nc2ccc(Br)cc2)CC1.O=C(O)C(=O)O. The van der Waals surface area contributed by atoms with Crippen molar-refractivity contribution in [1.29, 1.82) is 0 Å². The predicted octanol–water partition coefficient (Wildman–Crippen LogP) is 3.69. The molecule has 0 amide bonds. The quantitative estimate of drug-likeness (QED) is 0.580. The van der Waals surface area contributed by atoms with Gasteiger partial charge in [0.15, 0.2) is 0 Å². The number of piperidine rings is 1. The number of methoxy groups -OCH3 is 1. The largest absolute Gasteiger partial charge is 0.496 e. The minimum absolute atomic E-state index is 0.560. The topological polar surface area (TPSA) is 99.1 Å². The van der Waals surface area contributed by atoms with Crippen molar-refractivity contribution in [2.45, 2.75) is 25.4 Å². The molecular weight excluding hydrogens is 440 g/mol. The lowest BCUT2D eigenvalue weighted by Gasteiger charge is -2.33. The van der Waals surface area contributed by atoms with Gasteiger partial charge < -0.3 is 20.3 Å². The molecule has 3 rings (SSSR count). The number of carboxylic acid groups (broad SMARTS) is 2. The summed E-state index contributed by atoms with van der Waals surface area (Å²) in [5.41, 5.74) is 2.48. The Morgan fingerprint density at radius 2 is 1.66 bits per heavy atom. The number of nitrogens with one attached hydrogen (secondary N) is 1. The van der Waals surface area contributed by atoms with Crippen molar-refractivity contribution in [2.24, 2.45) is 0 Å². The normalized spacial score (nSPS) is 14.4. The number of halogens is 1. The van der Waals surface area contributed by atoms with Crippen molar-refractivity contribution in [2.75, 3.05) is 25.5 Å². The molecule has 0 atom stereocenters. The second-order valence-corrected chi connectivity index (χ2v) is 7.54. The standard InChI is InChI=1S/C19H23BrN2O.C2H2O4/c1-23-19-5-3-2-4-15(19)14-22-12-10-18(11-13-22)21-17-8-6-16(20)7-9-17;3-1(4)2(5)6/h2-9,18,21H,10-14H2,1H3;(H,3,4)(H,5,6). The molecular formula is C21H25BrN2O5. The molecule has 1 aliphatic rings. The van der Waals surface area contributed by atoms with Crippen molar-refractivity contribution >= 4 is 33.6 Å². The van der Waals surface area contributed by atoms with E-state index in [0.717, 1.165) is 29.9 Å². The highest BCUT2D eigenvalue weighted by atomic mass is 79.9. The monoisotopic (exact) mass is 464 g/mol. The third-order valence-corrected chi connectivity index (χ3v) is 5.10. The molecule has 0 saturated carbocycles. The summed E-state index contributed by atoms with van der Waals surface area (Å²) >= 11 is 3.48. The Kier molecular flexibility index (Phi) is 8.95. The lowest BCUT2D eigenvalue weighted by Crippen LogP contribution is -2.38. The highest BCUT2D eigenvalue weighted by molar-refractivity contribution is 9.10. The van der Waals surface area contributed by atoms with Gasteiger partial charge in [0.1, 0.15) is 5.75 Å². The molecule has 3 N–H and O–H groups in total. The number of benzene rings is 2. The van der Waals surface area contributed by atoms with Crippen molar-refractivity contribution in [3.8, 4) is 5.75 Å². The molecule has 8 heteroatoms. The van der Waals surface area contributed by atoms with Crippen molar-refractivity contribution < 1.29 is 24.5 Å². The number of carboxylic acids is 2. The van der Waals surface area contributed by atoms with Crippen molar-refractivity contribution in [3.63, 3.8) is 0 Å². The third-order valence-electron chi connectivity index (χ3n) is 4.57. The molecule has 1 heterocycles. The summed E-state index contributed by atoms with van der Waals surface area (Å²) in [4.78, 5) is 20.7. The number of nitrogens with zero attached hydrogens (tertiary/aromatic N) is 1. The second-order valence-electron chi connectivity index (χ2n) is 6.62. The number of rotatable bonds is 5. The van der Waals surface area contributed by atoms with Crippen LogP contribution in [0.2, 0.25) is 0 Å². The van der Waals surface area contributed by atoms with Crippen LogP contribution in [0.4, 0.5) is 5.69 Å². The first kappa shape index (κ1) is 22.7. The Labute approximate surface area is 178 Å². The molecule has 7 nitrogen and oxygen atoms in total. The molecule has 2 aromatic carbocycles. The lowest BCUT2D eigenvalue weighted by molar-refractivity contribution is -0.159. The Morgan fingerprint density at radius 3 is 2.21 bits per heavy atom. The number of hydrogen-bond donors (Lipinski definition) is 3. The molecule has 0 bridgehead atoms. The zero-order valence-corrected chi connectivity index (χ0v) is 17.8. The maximum atomic E-state index is 9.10. The first-order valence-electron chi connectivity index (χ1n) is 9.21. The smallest absolute Gasteiger partial charge is 0.414 e. The molecule has 1 saturated heterocycles. The van der Waals surface area contributed by atoms with Crippen LogP contribution in [-0.2, 0) is 16.1 Å². The number of carbonyl (C=O) groups is 2. The maximum absolute atomic E-state index is 9.10. The van der Waals surface area contributed by atoms with Gasteiger partial charge in [-0.15, -0.1) is 0 Å². The van der Waals surface area contributed by atoms with E-state index in [2.05, 4.69) is 62.5 Å². The fraction of sp³-hybridized carbons (Fsp3) is 0.333. The van der Waals surface area contributed by atoms with Crippen LogP contribution in [0.3, 0.4) is 0 Å². The molecule has 0 spiro atoms. The Hall–Kier alpha value is -2.58. The van der Waals surface area contributed by atoms with Gasteiger partial charge in [0, 0.05) is 41.4 Å². The van der Waals surface area contributed by atoms with E-state index in [0.29, 0.717) is 6.04 Å². The van der Waals surface area contributed by atoms with Gasteiger partial charge in [0.2, 0.25) is 0 Å². The lowest BCUT2D eigenvalue weighted by atomic mass is 10.0. The van der Waals surface area contributed by atoms with E-state index < -0.39 is 11.9 Å². The number of likely N-dealkylation sites (tertiary alicyclic amines) is 1. The van der Waals surface area contributed by atoms with Crippen molar-refractivity contribution in [3.05, 3.63) is 58.6 Å². The molecule has 0 unspecified atom stereocenters. The Balaban J connectivity index is 0.000000438. The highest BCUT2D eigenvalue weighted by Crippen LogP contribution is 2.23. The minimum Gasteiger partial charge on any atom is -0.496 e. The summed E-state index contributed by atoms with van der Waals surface area (Å²) in [5.74, 6) is -2.66. The zero-order chi connectivity index (χ0) is 21.2. The van der Waals surface area contributed by atoms with Gasteiger partial charge in [-0.05, 0) is 43.2 Å². The number of anilines is 1. The molecule has 0 radical (unpaired) electrons. The molecule has 29 heavy (non-hydrogen) atoms. The molecule has 0 aromatic heterocycles. The Morgan fingerprint density at radius 1 is 1.07 bits per heavy atom. The van der Waals surface area contributed by atoms with Gasteiger partial charge in [-0.3, -0.25) is 4.90 Å². The minimum atomic E-state index is -1.82. The van der Waals surface area contributed by atoms with Crippen LogP contribution >= 0.6 is 15.9 Å². The van der Waals surface area contributed by atoms with E-state index in [1.54, 1.807) is 7.11 Å². The fourth-order valence-electron chi connectivity index (χ4n) is 3.09. The molecule has 1 aliphatic heterocycles. The fourth-order valence-corrected chi connectivity index (χ4v) is 3.36. The summed E-state index contributed by atoms with van der Waals surface area (Å²) < 4.78 is 6.57. The molecule has 0 aliphatic carbocycles. The van der Waals surface area contributed by atoms with Crippen LogP contribution in [0.5, 0.6) is 5.75 Å². The van der Waals surface area contributed by atoms with Crippen molar-refractivity contribution in [1.82, 2.24) is 4.90 Å².